The largest absolute Gasteiger partial charge is 0.492 e. The third-order valence-electron chi connectivity index (χ3n) is 3.81. The third-order valence-corrected chi connectivity index (χ3v) is 3.81. The molecule has 3 aromatic rings. The van der Waals surface area contributed by atoms with Gasteiger partial charge in [-0.05, 0) is 63.2 Å². The number of nitrogens with zero attached hydrogens (tertiary/aromatic N) is 2. The van der Waals surface area contributed by atoms with E-state index in [1.54, 1.807) is 18.2 Å². The van der Waals surface area contributed by atoms with Crippen LogP contribution in [0.5, 0.6) is 11.5 Å². The van der Waals surface area contributed by atoms with Crippen LogP contribution in [0, 0.1) is 0 Å². The van der Waals surface area contributed by atoms with Gasteiger partial charge in [-0.1, -0.05) is 12.1 Å². The molecule has 2 aromatic carbocycles. The second-order valence-electron chi connectivity index (χ2n) is 6.46. The second kappa shape index (κ2) is 9.54. The molecule has 0 fully saturated rings. The zero-order valence-electron chi connectivity index (χ0n) is 16.7. The summed E-state index contributed by atoms with van der Waals surface area (Å²) in [6.07, 6.45) is 1.63. The topological polar surface area (TPSA) is 85.4 Å². The van der Waals surface area contributed by atoms with Crippen molar-refractivity contribution in [3.8, 4) is 11.5 Å². The molecule has 0 saturated carbocycles. The Labute approximate surface area is 170 Å². The fourth-order valence-corrected chi connectivity index (χ4v) is 2.60. The van der Waals surface area contributed by atoms with Crippen LogP contribution in [0.1, 0.15) is 31.3 Å². The quantitative estimate of drug-likeness (QED) is 0.580. The zero-order chi connectivity index (χ0) is 20.6. The maximum atomic E-state index is 12.6. The van der Waals surface area contributed by atoms with Crippen molar-refractivity contribution in [3.63, 3.8) is 0 Å². The molecule has 0 unspecified atom stereocenters. The van der Waals surface area contributed by atoms with Gasteiger partial charge in [0.1, 0.15) is 17.2 Å². The lowest BCUT2D eigenvalue weighted by Crippen LogP contribution is -2.15. The Balaban J connectivity index is 1.70. The summed E-state index contributed by atoms with van der Waals surface area (Å²) in [6, 6.07) is 16.2. The Morgan fingerprint density at radius 1 is 1.07 bits per heavy atom. The molecule has 0 radical (unpaired) electrons. The number of carbonyl (C=O) groups excluding carboxylic acids is 1. The highest BCUT2D eigenvalue weighted by Gasteiger charge is 2.11. The smallest absolute Gasteiger partial charge is 0.274 e. The minimum atomic E-state index is -0.328. The molecular formula is C22H24N4O3. The van der Waals surface area contributed by atoms with E-state index >= 15 is 0 Å². The summed E-state index contributed by atoms with van der Waals surface area (Å²) in [4.78, 5) is 21.1. The van der Waals surface area contributed by atoms with Crippen LogP contribution in [0.25, 0.3) is 0 Å². The summed E-state index contributed by atoms with van der Waals surface area (Å²) in [7, 11) is 0. The molecule has 0 saturated heterocycles. The summed E-state index contributed by atoms with van der Waals surface area (Å²) < 4.78 is 11.2. The summed E-state index contributed by atoms with van der Waals surface area (Å²) >= 11 is 0. The van der Waals surface area contributed by atoms with E-state index in [9.17, 15) is 4.79 Å². The van der Waals surface area contributed by atoms with Crippen LogP contribution in [0.15, 0.2) is 60.8 Å². The maximum absolute atomic E-state index is 12.6. The maximum Gasteiger partial charge on any atom is 0.274 e. The third kappa shape index (κ3) is 5.68. The van der Waals surface area contributed by atoms with Crippen molar-refractivity contribution in [1.29, 1.82) is 0 Å². The molecule has 3 rings (SSSR count). The lowest BCUT2D eigenvalue weighted by Gasteiger charge is -2.12. The van der Waals surface area contributed by atoms with Gasteiger partial charge in [0, 0.05) is 11.9 Å². The number of aromatic nitrogens is 2. The van der Waals surface area contributed by atoms with Gasteiger partial charge in [0.25, 0.3) is 5.91 Å². The van der Waals surface area contributed by atoms with E-state index in [0.717, 1.165) is 11.4 Å². The van der Waals surface area contributed by atoms with Crippen LogP contribution >= 0.6 is 0 Å². The van der Waals surface area contributed by atoms with Gasteiger partial charge < -0.3 is 20.1 Å². The molecule has 0 aliphatic carbocycles. The van der Waals surface area contributed by atoms with Crippen molar-refractivity contribution in [2.24, 2.45) is 0 Å². The Hall–Kier alpha value is -3.61. The highest BCUT2D eigenvalue weighted by molar-refractivity contribution is 6.03. The normalized spacial score (nSPS) is 10.5. The Morgan fingerprint density at radius 3 is 2.55 bits per heavy atom. The monoisotopic (exact) mass is 392 g/mol. The van der Waals surface area contributed by atoms with Crippen molar-refractivity contribution in [2.45, 2.75) is 26.9 Å². The highest BCUT2D eigenvalue weighted by atomic mass is 16.5. The van der Waals surface area contributed by atoms with E-state index in [1.165, 1.54) is 6.20 Å². The minimum absolute atomic E-state index is 0.0928. The van der Waals surface area contributed by atoms with E-state index < -0.39 is 0 Å². The number of anilines is 3. The Bertz CT molecular complexity index is 958. The van der Waals surface area contributed by atoms with Crippen molar-refractivity contribution >= 4 is 23.2 Å². The molecule has 0 spiro atoms. The van der Waals surface area contributed by atoms with Gasteiger partial charge in [0.15, 0.2) is 0 Å². The molecule has 1 aromatic heterocycles. The zero-order valence-corrected chi connectivity index (χ0v) is 16.7. The Morgan fingerprint density at radius 2 is 1.83 bits per heavy atom. The predicted molar refractivity (Wildman–Crippen MR) is 113 cm³/mol. The van der Waals surface area contributed by atoms with Gasteiger partial charge in [0.05, 0.1) is 18.4 Å². The number of nitrogens with one attached hydrogen (secondary N) is 2. The SMILES string of the molecule is CCOc1ccccc1Nc1nccc(C(=O)Nc2ccc(OC(C)C)cc2)n1. The van der Waals surface area contributed by atoms with Gasteiger partial charge >= 0.3 is 0 Å². The molecule has 2 N–H and O–H groups in total. The molecule has 0 aliphatic rings. The second-order valence-corrected chi connectivity index (χ2v) is 6.46. The molecule has 0 aliphatic heterocycles. The van der Waals surface area contributed by atoms with Crippen molar-refractivity contribution in [2.75, 3.05) is 17.2 Å². The van der Waals surface area contributed by atoms with Crippen LogP contribution in [-0.4, -0.2) is 28.6 Å². The molecule has 1 amide bonds. The lowest BCUT2D eigenvalue weighted by atomic mass is 10.3. The van der Waals surface area contributed by atoms with E-state index in [1.807, 2.05) is 57.2 Å². The first kappa shape index (κ1) is 20.1. The summed E-state index contributed by atoms with van der Waals surface area (Å²) in [5.41, 5.74) is 1.63. The lowest BCUT2D eigenvalue weighted by molar-refractivity contribution is 0.102. The minimum Gasteiger partial charge on any atom is -0.492 e. The standard InChI is InChI=1S/C22H24N4O3/c1-4-28-20-8-6-5-7-18(20)25-22-23-14-13-19(26-22)21(27)24-16-9-11-17(12-10-16)29-15(2)3/h5-15H,4H2,1-3H3,(H,24,27)(H,23,25,26). The molecule has 7 nitrogen and oxygen atoms in total. The van der Waals surface area contributed by atoms with E-state index in [-0.39, 0.29) is 17.7 Å². The molecule has 29 heavy (non-hydrogen) atoms. The fourth-order valence-electron chi connectivity index (χ4n) is 2.60. The first-order valence-corrected chi connectivity index (χ1v) is 9.45. The number of ether oxygens (including phenoxy) is 2. The number of amides is 1. The number of para-hydroxylation sites is 2. The number of hydrogen-bond donors (Lipinski definition) is 2. The van der Waals surface area contributed by atoms with Crippen LogP contribution in [0.3, 0.4) is 0 Å². The summed E-state index contributed by atoms with van der Waals surface area (Å²) in [6.45, 7) is 6.38. The van der Waals surface area contributed by atoms with E-state index in [2.05, 4.69) is 20.6 Å². The predicted octanol–water partition coefficient (Wildman–Crippen LogP) is 4.66. The number of benzene rings is 2. The molecular weight excluding hydrogens is 368 g/mol. The van der Waals surface area contributed by atoms with Crippen molar-refractivity contribution in [3.05, 3.63) is 66.5 Å². The number of carbonyl (C=O) groups is 1. The van der Waals surface area contributed by atoms with Gasteiger partial charge in [0.2, 0.25) is 5.95 Å². The molecule has 150 valence electrons. The van der Waals surface area contributed by atoms with Gasteiger partial charge in [-0.15, -0.1) is 0 Å². The average molecular weight is 392 g/mol. The van der Waals surface area contributed by atoms with Crippen LogP contribution in [0.2, 0.25) is 0 Å². The molecule has 7 heteroatoms. The number of rotatable bonds is 8. The first-order valence-electron chi connectivity index (χ1n) is 9.45. The fraction of sp³-hybridized carbons (Fsp3) is 0.227. The van der Waals surface area contributed by atoms with Gasteiger partial charge in [-0.25, -0.2) is 9.97 Å². The van der Waals surface area contributed by atoms with Crippen molar-refractivity contribution < 1.29 is 14.3 Å². The van der Waals surface area contributed by atoms with Gasteiger partial charge in [-0.3, -0.25) is 4.79 Å². The molecule has 0 bridgehead atoms. The average Bonchev–Trinajstić information content (AvgIpc) is 2.71. The molecule has 1 heterocycles. The highest BCUT2D eigenvalue weighted by Crippen LogP contribution is 2.26. The van der Waals surface area contributed by atoms with Crippen molar-refractivity contribution in [1.82, 2.24) is 9.97 Å². The summed E-state index contributed by atoms with van der Waals surface area (Å²) in [5.74, 6) is 1.42. The van der Waals surface area contributed by atoms with E-state index in [0.29, 0.717) is 24.0 Å². The van der Waals surface area contributed by atoms with E-state index in [4.69, 9.17) is 9.47 Å². The van der Waals surface area contributed by atoms with Crippen LogP contribution in [-0.2, 0) is 0 Å². The van der Waals surface area contributed by atoms with Gasteiger partial charge in [-0.2, -0.15) is 0 Å². The molecule has 0 atom stereocenters. The van der Waals surface area contributed by atoms with Crippen LogP contribution < -0.4 is 20.1 Å². The number of hydrogen-bond acceptors (Lipinski definition) is 6. The first-order chi connectivity index (χ1) is 14.0. The van der Waals surface area contributed by atoms with Crippen LogP contribution in [0.4, 0.5) is 17.3 Å². The summed E-state index contributed by atoms with van der Waals surface area (Å²) in [5, 5.41) is 5.92. The Kier molecular flexibility index (Phi) is 6.63.